The molecule has 6 heteroatoms. The minimum atomic E-state index is 0.268. The number of ether oxygens (including phenoxy) is 1. The van der Waals surface area contributed by atoms with Crippen LogP contribution in [0.1, 0.15) is 56.8 Å². The molecule has 1 amide bonds. The molecule has 3 heterocycles. The number of hydrogen-bond donors (Lipinski definition) is 2. The van der Waals surface area contributed by atoms with E-state index in [0.717, 1.165) is 79.8 Å². The lowest BCUT2D eigenvalue weighted by Gasteiger charge is -2.34. The number of nitrogens with one attached hydrogen (secondary N) is 1. The Kier molecular flexibility index (Phi) is 7.61. The van der Waals surface area contributed by atoms with Crippen molar-refractivity contribution in [3.8, 4) is 16.9 Å². The number of piperidine rings is 1. The molecule has 2 unspecified atom stereocenters. The Balaban J connectivity index is 1.25. The third-order valence-electron chi connectivity index (χ3n) is 8.26. The summed E-state index contributed by atoms with van der Waals surface area (Å²) < 4.78 is 6.19. The van der Waals surface area contributed by atoms with Gasteiger partial charge in [0.15, 0.2) is 0 Å². The van der Waals surface area contributed by atoms with E-state index in [4.69, 9.17) is 9.84 Å². The summed E-state index contributed by atoms with van der Waals surface area (Å²) in [6.45, 7) is 6.91. The summed E-state index contributed by atoms with van der Waals surface area (Å²) >= 11 is 0. The van der Waals surface area contributed by atoms with Gasteiger partial charge in [0.1, 0.15) is 11.6 Å². The Morgan fingerprint density at radius 1 is 1.14 bits per heavy atom. The number of aromatic nitrogens is 2. The van der Waals surface area contributed by atoms with Crippen LogP contribution in [-0.4, -0.2) is 52.2 Å². The minimum Gasteiger partial charge on any atom is -0.493 e. The number of rotatable bonds is 6. The molecule has 3 aromatic rings. The summed E-state index contributed by atoms with van der Waals surface area (Å²) in [6, 6.07) is 12.9. The zero-order valence-electron chi connectivity index (χ0n) is 21.6. The number of H-pyrrole nitrogens is 1. The second-order valence-electron chi connectivity index (χ2n) is 10.8. The standard InChI is InChI=1S/C30H39N3O3/c1-20-16-26-17-24(25-5-7-27-28(18-25)32-21(2)31-27)6-8-29(26)36-15-11-23(20)19-30(35)33-12-9-22(10-13-33)4-3-14-34/h5-8,17-18,20,22-23,34H,3-4,9-16,19H2,1-2H3,(H,31,32). The van der Waals surface area contributed by atoms with E-state index in [1.54, 1.807) is 0 Å². The van der Waals surface area contributed by atoms with E-state index in [1.165, 1.54) is 11.1 Å². The van der Waals surface area contributed by atoms with Crippen LogP contribution in [0.15, 0.2) is 36.4 Å². The average molecular weight is 490 g/mol. The number of amides is 1. The fourth-order valence-electron chi connectivity index (χ4n) is 6.00. The van der Waals surface area contributed by atoms with Gasteiger partial charge in [-0.05, 0) is 104 Å². The Hall–Kier alpha value is -2.86. The van der Waals surface area contributed by atoms with E-state index in [1.807, 2.05) is 6.92 Å². The van der Waals surface area contributed by atoms with Gasteiger partial charge in [-0.1, -0.05) is 19.1 Å². The summed E-state index contributed by atoms with van der Waals surface area (Å²) in [7, 11) is 0. The number of fused-ring (bicyclic) bond motifs is 2. The minimum absolute atomic E-state index is 0.268. The van der Waals surface area contributed by atoms with Crippen LogP contribution in [0.5, 0.6) is 5.75 Å². The normalized spacial score (nSPS) is 21.0. The third kappa shape index (κ3) is 5.59. The molecule has 0 bridgehead atoms. The van der Waals surface area contributed by atoms with E-state index in [9.17, 15) is 4.79 Å². The summed E-state index contributed by atoms with van der Waals surface area (Å²) in [4.78, 5) is 23.1. The van der Waals surface area contributed by atoms with E-state index < -0.39 is 0 Å². The van der Waals surface area contributed by atoms with Crippen molar-refractivity contribution in [2.75, 3.05) is 26.3 Å². The van der Waals surface area contributed by atoms with Gasteiger partial charge in [0.2, 0.25) is 5.91 Å². The maximum Gasteiger partial charge on any atom is 0.222 e. The number of likely N-dealkylation sites (tertiary alicyclic amines) is 1. The van der Waals surface area contributed by atoms with Crippen molar-refractivity contribution in [2.24, 2.45) is 17.8 Å². The van der Waals surface area contributed by atoms with E-state index in [2.05, 4.69) is 58.2 Å². The summed E-state index contributed by atoms with van der Waals surface area (Å²) in [5.41, 5.74) is 5.61. The monoisotopic (exact) mass is 489 g/mol. The maximum absolute atomic E-state index is 13.2. The number of imidazole rings is 1. The number of aromatic amines is 1. The number of aryl methyl sites for hydroxylation is 1. The SMILES string of the molecule is Cc1nc2ccc(-c3ccc4c(c3)CC(C)C(CC(=O)N3CCC(CCCO)CC3)CCO4)cc2[nH]1. The third-order valence-corrected chi connectivity index (χ3v) is 8.26. The molecule has 2 N–H and O–H groups in total. The lowest BCUT2D eigenvalue weighted by atomic mass is 9.82. The molecule has 2 atom stereocenters. The summed E-state index contributed by atoms with van der Waals surface area (Å²) in [6.07, 6.45) is 6.51. The lowest BCUT2D eigenvalue weighted by Crippen LogP contribution is -2.40. The van der Waals surface area contributed by atoms with Crippen molar-refractivity contribution in [3.05, 3.63) is 47.8 Å². The number of carbonyl (C=O) groups excluding carboxylic acids is 1. The van der Waals surface area contributed by atoms with Crippen LogP contribution < -0.4 is 4.74 Å². The topological polar surface area (TPSA) is 78.5 Å². The Morgan fingerprint density at radius 2 is 1.92 bits per heavy atom. The Morgan fingerprint density at radius 3 is 2.72 bits per heavy atom. The number of hydrogen-bond acceptors (Lipinski definition) is 4. The van der Waals surface area contributed by atoms with Gasteiger partial charge in [-0.2, -0.15) is 0 Å². The lowest BCUT2D eigenvalue weighted by molar-refractivity contribution is -0.134. The van der Waals surface area contributed by atoms with Gasteiger partial charge >= 0.3 is 0 Å². The predicted octanol–water partition coefficient (Wildman–Crippen LogP) is 5.52. The molecule has 2 aliphatic heterocycles. The molecule has 2 aliphatic rings. The van der Waals surface area contributed by atoms with Gasteiger partial charge in [-0.3, -0.25) is 4.79 Å². The Labute approximate surface area is 214 Å². The largest absolute Gasteiger partial charge is 0.493 e. The molecule has 1 aromatic heterocycles. The first-order valence-electron chi connectivity index (χ1n) is 13.6. The second-order valence-corrected chi connectivity index (χ2v) is 10.8. The van der Waals surface area contributed by atoms with Crippen LogP contribution in [0.25, 0.3) is 22.2 Å². The van der Waals surface area contributed by atoms with Crippen molar-refractivity contribution in [2.45, 2.75) is 58.8 Å². The molecule has 192 valence electrons. The molecule has 6 nitrogen and oxygen atoms in total. The highest BCUT2D eigenvalue weighted by Gasteiger charge is 2.28. The van der Waals surface area contributed by atoms with Crippen molar-refractivity contribution >= 4 is 16.9 Å². The van der Waals surface area contributed by atoms with Gasteiger partial charge in [0, 0.05) is 26.1 Å². The molecule has 1 saturated heterocycles. The molecule has 36 heavy (non-hydrogen) atoms. The molecule has 0 aliphatic carbocycles. The smallest absolute Gasteiger partial charge is 0.222 e. The first-order valence-corrected chi connectivity index (χ1v) is 13.6. The zero-order valence-corrected chi connectivity index (χ0v) is 21.6. The summed E-state index contributed by atoms with van der Waals surface area (Å²) in [5, 5.41) is 9.08. The quantitative estimate of drug-likeness (QED) is 0.478. The van der Waals surface area contributed by atoms with E-state index in [-0.39, 0.29) is 6.61 Å². The molecule has 5 rings (SSSR count). The highest BCUT2D eigenvalue weighted by atomic mass is 16.5. The van der Waals surface area contributed by atoms with Crippen molar-refractivity contribution in [3.63, 3.8) is 0 Å². The van der Waals surface area contributed by atoms with Crippen LogP contribution in [0.4, 0.5) is 0 Å². The first-order chi connectivity index (χ1) is 17.5. The van der Waals surface area contributed by atoms with Gasteiger partial charge in [-0.25, -0.2) is 4.98 Å². The molecule has 0 saturated carbocycles. The molecule has 1 fully saturated rings. The van der Waals surface area contributed by atoms with Crippen LogP contribution in [-0.2, 0) is 11.2 Å². The first kappa shape index (κ1) is 24.8. The second kappa shape index (κ2) is 11.0. The van der Waals surface area contributed by atoms with Crippen molar-refractivity contribution in [1.82, 2.24) is 14.9 Å². The number of nitrogens with zero attached hydrogens (tertiary/aromatic N) is 2. The van der Waals surface area contributed by atoms with Crippen molar-refractivity contribution < 1.29 is 14.6 Å². The van der Waals surface area contributed by atoms with E-state index in [0.29, 0.717) is 36.7 Å². The van der Waals surface area contributed by atoms with Crippen LogP contribution >= 0.6 is 0 Å². The molecule has 0 spiro atoms. The fraction of sp³-hybridized carbons (Fsp3) is 0.533. The van der Waals surface area contributed by atoms with Crippen LogP contribution in [0.3, 0.4) is 0 Å². The maximum atomic E-state index is 13.2. The number of aliphatic hydroxyl groups excluding tert-OH is 1. The van der Waals surface area contributed by atoms with Gasteiger partial charge < -0.3 is 19.7 Å². The van der Waals surface area contributed by atoms with E-state index >= 15 is 0 Å². The number of aliphatic hydroxyl groups is 1. The highest BCUT2D eigenvalue weighted by Crippen LogP contribution is 2.35. The molecular formula is C30H39N3O3. The Bertz CT molecular complexity index is 1200. The van der Waals surface area contributed by atoms with Crippen LogP contribution in [0.2, 0.25) is 0 Å². The number of carbonyl (C=O) groups is 1. The predicted molar refractivity (Wildman–Crippen MR) is 143 cm³/mol. The van der Waals surface area contributed by atoms with Gasteiger partial charge in [-0.15, -0.1) is 0 Å². The zero-order chi connectivity index (χ0) is 25.1. The molecule has 0 radical (unpaired) electrons. The number of benzene rings is 2. The highest BCUT2D eigenvalue weighted by molar-refractivity contribution is 5.82. The van der Waals surface area contributed by atoms with Gasteiger partial charge in [0.25, 0.3) is 0 Å². The van der Waals surface area contributed by atoms with Crippen LogP contribution in [0, 0.1) is 24.7 Å². The van der Waals surface area contributed by atoms with Gasteiger partial charge in [0.05, 0.1) is 17.6 Å². The average Bonchev–Trinajstić information content (AvgIpc) is 3.26. The van der Waals surface area contributed by atoms with Crippen molar-refractivity contribution in [1.29, 1.82) is 0 Å². The fourth-order valence-corrected chi connectivity index (χ4v) is 6.00. The molecule has 2 aromatic carbocycles. The summed E-state index contributed by atoms with van der Waals surface area (Å²) in [5.74, 6) is 3.58. The molecular weight excluding hydrogens is 450 g/mol.